The first-order chi connectivity index (χ1) is 7.56. The average Bonchev–Trinajstić information content (AvgIpc) is 2.26. The molecule has 1 aromatic rings. The predicted octanol–water partition coefficient (Wildman–Crippen LogP) is 1.53. The van der Waals surface area contributed by atoms with Gasteiger partial charge in [0.05, 0.1) is 14.2 Å². The van der Waals surface area contributed by atoms with Crippen molar-refractivity contribution in [3.8, 4) is 5.75 Å². The second kappa shape index (κ2) is 5.86. The monoisotopic (exact) mass is 288 g/mol. The molecule has 1 rings (SSSR count). The van der Waals surface area contributed by atoms with Crippen LogP contribution >= 0.6 is 15.9 Å². The molecule has 0 bridgehead atoms. The minimum absolute atomic E-state index is 0.197. The molecule has 1 N–H and O–H groups in total. The van der Waals surface area contributed by atoms with Gasteiger partial charge in [0.25, 0.3) is 0 Å². The van der Waals surface area contributed by atoms with E-state index in [0.29, 0.717) is 5.75 Å². The van der Waals surface area contributed by atoms with Crippen LogP contribution in [-0.4, -0.2) is 31.4 Å². The zero-order valence-corrected chi connectivity index (χ0v) is 10.7. The van der Waals surface area contributed by atoms with Crippen LogP contribution in [0.5, 0.6) is 5.75 Å². The molecule has 0 spiro atoms. The third-order valence-corrected chi connectivity index (χ3v) is 2.53. The molecule has 1 aromatic carbocycles. The van der Waals surface area contributed by atoms with Crippen LogP contribution in [0.25, 0.3) is 0 Å². The number of aliphatic hydroxyl groups excluding tert-OH is 1. The number of benzene rings is 1. The number of aliphatic hydroxyl groups is 1. The molecule has 4 nitrogen and oxygen atoms in total. The van der Waals surface area contributed by atoms with Crippen molar-refractivity contribution in [2.75, 3.05) is 14.2 Å². The molecule has 16 heavy (non-hydrogen) atoms. The Bertz CT molecular complexity index is 378. The van der Waals surface area contributed by atoms with Gasteiger partial charge in [-0.3, -0.25) is 0 Å². The highest BCUT2D eigenvalue weighted by Gasteiger charge is 2.16. The fourth-order valence-corrected chi connectivity index (χ4v) is 1.82. The fraction of sp³-hybridized carbons (Fsp3) is 0.364. The topological polar surface area (TPSA) is 55.8 Å². The first-order valence-corrected chi connectivity index (χ1v) is 5.45. The number of esters is 1. The smallest absolute Gasteiger partial charge is 0.335 e. The Morgan fingerprint density at radius 3 is 2.69 bits per heavy atom. The van der Waals surface area contributed by atoms with Crippen molar-refractivity contribution in [2.24, 2.45) is 0 Å². The third-order valence-electron chi connectivity index (χ3n) is 2.07. The molecule has 0 aliphatic carbocycles. The second-order valence-electron chi connectivity index (χ2n) is 3.24. The van der Waals surface area contributed by atoms with E-state index in [9.17, 15) is 9.90 Å². The molecule has 0 aliphatic rings. The van der Waals surface area contributed by atoms with Gasteiger partial charge >= 0.3 is 5.97 Å². The highest BCUT2D eigenvalue weighted by atomic mass is 79.9. The van der Waals surface area contributed by atoms with E-state index in [2.05, 4.69) is 20.7 Å². The van der Waals surface area contributed by atoms with Gasteiger partial charge in [-0.05, 0) is 23.8 Å². The van der Waals surface area contributed by atoms with Crippen molar-refractivity contribution in [3.63, 3.8) is 0 Å². The van der Waals surface area contributed by atoms with Gasteiger partial charge in [-0.25, -0.2) is 4.79 Å². The number of halogens is 1. The molecule has 0 aromatic heterocycles. The molecule has 1 atom stereocenters. The van der Waals surface area contributed by atoms with Gasteiger partial charge in [-0.1, -0.05) is 15.9 Å². The maximum atomic E-state index is 11.0. The Hall–Kier alpha value is -1.07. The summed E-state index contributed by atoms with van der Waals surface area (Å²) >= 11 is 3.32. The number of carbonyl (C=O) groups is 1. The summed E-state index contributed by atoms with van der Waals surface area (Å²) in [5.41, 5.74) is 0.795. The summed E-state index contributed by atoms with van der Waals surface area (Å²) in [6.07, 6.45) is -0.952. The zero-order valence-electron chi connectivity index (χ0n) is 9.07. The van der Waals surface area contributed by atoms with Gasteiger partial charge in [0.2, 0.25) is 0 Å². The molecule has 0 saturated carbocycles. The number of methoxy groups -OCH3 is 2. The molecule has 0 aliphatic heterocycles. The van der Waals surface area contributed by atoms with E-state index < -0.39 is 12.1 Å². The average molecular weight is 289 g/mol. The first kappa shape index (κ1) is 13.0. The van der Waals surface area contributed by atoms with E-state index in [1.165, 1.54) is 7.11 Å². The lowest BCUT2D eigenvalue weighted by molar-refractivity contribution is -0.150. The Labute approximate surface area is 102 Å². The second-order valence-corrected chi connectivity index (χ2v) is 4.16. The molecule has 0 saturated heterocycles. The van der Waals surface area contributed by atoms with Crippen LogP contribution in [0, 0.1) is 0 Å². The van der Waals surface area contributed by atoms with Crippen LogP contribution in [0.4, 0.5) is 0 Å². The van der Waals surface area contributed by atoms with Gasteiger partial charge < -0.3 is 14.6 Å². The van der Waals surface area contributed by atoms with Crippen molar-refractivity contribution in [3.05, 3.63) is 28.2 Å². The minimum atomic E-state index is -1.15. The van der Waals surface area contributed by atoms with Gasteiger partial charge in [0.1, 0.15) is 5.75 Å². The summed E-state index contributed by atoms with van der Waals surface area (Å²) in [7, 11) is 2.80. The minimum Gasteiger partial charge on any atom is -0.497 e. The van der Waals surface area contributed by atoms with Crippen LogP contribution in [0.15, 0.2) is 22.7 Å². The van der Waals surface area contributed by atoms with E-state index in [-0.39, 0.29) is 6.42 Å². The number of carbonyl (C=O) groups excluding carboxylic acids is 1. The lowest BCUT2D eigenvalue weighted by Crippen LogP contribution is -2.24. The summed E-state index contributed by atoms with van der Waals surface area (Å²) in [6.45, 7) is 0. The lowest BCUT2D eigenvalue weighted by Gasteiger charge is -2.10. The van der Waals surface area contributed by atoms with E-state index in [4.69, 9.17) is 4.74 Å². The number of hydrogen-bond acceptors (Lipinski definition) is 4. The van der Waals surface area contributed by atoms with E-state index >= 15 is 0 Å². The predicted molar refractivity (Wildman–Crippen MR) is 62.4 cm³/mol. The quantitative estimate of drug-likeness (QED) is 0.854. The SMILES string of the molecule is COC(=O)C(O)Cc1cc(Br)cc(OC)c1. The van der Waals surface area contributed by atoms with E-state index in [1.807, 2.05) is 6.07 Å². The number of ether oxygens (including phenoxy) is 2. The number of rotatable bonds is 4. The zero-order chi connectivity index (χ0) is 12.1. The Balaban J connectivity index is 2.80. The first-order valence-electron chi connectivity index (χ1n) is 4.66. The van der Waals surface area contributed by atoms with Crippen LogP contribution < -0.4 is 4.74 Å². The molecular weight excluding hydrogens is 276 g/mol. The Morgan fingerprint density at radius 2 is 2.12 bits per heavy atom. The summed E-state index contributed by atoms with van der Waals surface area (Å²) in [6, 6.07) is 5.37. The summed E-state index contributed by atoms with van der Waals surface area (Å²) in [4.78, 5) is 11.0. The third kappa shape index (κ3) is 3.50. The van der Waals surface area contributed by atoms with Crippen molar-refractivity contribution in [2.45, 2.75) is 12.5 Å². The van der Waals surface area contributed by atoms with Crippen molar-refractivity contribution >= 4 is 21.9 Å². The fourth-order valence-electron chi connectivity index (χ4n) is 1.30. The molecular formula is C11H13BrO4. The van der Waals surface area contributed by atoms with E-state index in [1.54, 1.807) is 19.2 Å². The maximum Gasteiger partial charge on any atom is 0.335 e. The maximum absolute atomic E-state index is 11.0. The Kier molecular flexibility index (Phi) is 4.76. The van der Waals surface area contributed by atoms with E-state index in [0.717, 1.165) is 10.0 Å². The molecule has 0 radical (unpaired) electrons. The van der Waals surface area contributed by atoms with Crippen LogP contribution in [-0.2, 0) is 16.0 Å². The van der Waals surface area contributed by atoms with Crippen LogP contribution in [0.3, 0.4) is 0 Å². The molecule has 0 fully saturated rings. The summed E-state index contributed by atoms with van der Waals surface area (Å²) in [5, 5.41) is 9.49. The summed E-state index contributed by atoms with van der Waals surface area (Å²) in [5.74, 6) is 0.0281. The van der Waals surface area contributed by atoms with Gasteiger partial charge in [0, 0.05) is 10.9 Å². The molecule has 0 heterocycles. The van der Waals surface area contributed by atoms with Crippen LogP contribution in [0.1, 0.15) is 5.56 Å². The molecule has 88 valence electrons. The van der Waals surface area contributed by atoms with Crippen LogP contribution in [0.2, 0.25) is 0 Å². The molecule has 0 amide bonds. The largest absolute Gasteiger partial charge is 0.497 e. The normalized spacial score (nSPS) is 12.0. The lowest BCUT2D eigenvalue weighted by atomic mass is 10.1. The number of hydrogen-bond donors (Lipinski definition) is 1. The molecule has 1 unspecified atom stereocenters. The van der Waals surface area contributed by atoms with Crippen molar-refractivity contribution in [1.82, 2.24) is 0 Å². The van der Waals surface area contributed by atoms with Crippen molar-refractivity contribution < 1.29 is 19.4 Å². The highest BCUT2D eigenvalue weighted by molar-refractivity contribution is 9.10. The van der Waals surface area contributed by atoms with Gasteiger partial charge in [-0.15, -0.1) is 0 Å². The van der Waals surface area contributed by atoms with Gasteiger partial charge in [0.15, 0.2) is 6.10 Å². The molecule has 5 heteroatoms. The van der Waals surface area contributed by atoms with Crippen molar-refractivity contribution in [1.29, 1.82) is 0 Å². The Morgan fingerprint density at radius 1 is 1.44 bits per heavy atom. The summed E-state index contributed by atoms with van der Waals surface area (Å²) < 4.78 is 10.3. The highest BCUT2D eigenvalue weighted by Crippen LogP contribution is 2.22. The van der Waals surface area contributed by atoms with Gasteiger partial charge in [-0.2, -0.15) is 0 Å². The standard InChI is InChI=1S/C11H13BrO4/c1-15-9-4-7(3-8(12)6-9)5-10(13)11(14)16-2/h3-4,6,10,13H,5H2,1-2H3.